The number of aromatic nitrogens is 1. The lowest BCUT2D eigenvalue weighted by molar-refractivity contribution is 0.251. The van der Waals surface area contributed by atoms with Gasteiger partial charge in [0.05, 0.1) is 5.56 Å². The molecular weight excluding hydrogens is 250 g/mol. The van der Waals surface area contributed by atoms with Crippen LogP contribution < -0.4 is 5.32 Å². The molecule has 0 saturated carbocycles. The van der Waals surface area contributed by atoms with Crippen molar-refractivity contribution < 1.29 is 5.11 Å². The Morgan fingerprint density at radius 1 is 1.45 bits per heavy atom. The van der Waals surface area contributed by atoms with Gasteiger partial charge in [-0.2, -0.15) is 5.26 Å². The monoisotopic (exact) mass is 273 g/mol. The van der Waals surface area contributed by atoms with Gasteiger partial charge in [0.1, 0.15) is 11.9 Å². The Hall–Kier alpha value is -1.60. The third-order valence-electron chi connectivity index (χ3n) is 4.29. The van der Waals surface area contributed by atoms with Crippen molar-refractivity contribution in [2.45, 2.75) is 57.9 Å². The lowest BCUT2D eigenvalue weighted by atomic mass is 9.93. The second-order valence-corrected chi connectivity index (χ2v) is 5.82. The SMILES string of the molecule is CCC(C)(CCO)Nc1nc2c(cc1C#N)CCCC2. The van der Waals surface area contributed by atoms with Crippen LogP contribution in [0.2, 0.25) is 0 Å². The van der Waals surface area contributed by atoms with E-state index in [0.29, 0.717) is 17.8 Å². The molecule has 0 amide bonds. The molecule has 4 heteroatoms. The minimum atomic E-state index is -0.226. The van der Waals surface area contributed by atoms with Crippen LogP contribution in [0.4, 0.5) is 5.82 Å². The maximum atomic E-state index is 9.34. The molecule has 0 spiro atoms. The zero-order valence-corrected chi connectivity index (χ0v) is 12.4. The van der Waals surface area contributed by atoms with E-state index in [0.717, 1.165) is 25.0 Å². The first-order valence-electron chi connectivity index (χ1n) is 7.44. The van der Waals surface area contributed by atoms with Crippen LogP contribution in [0.25, 0.3) is 0 Å². The van der Waals surface area contributed by atoms with Gasteiger partial charge < -0.3 is 10.4 Å². The fourth-order valence-electron chi connectivity index (χ4n) is 2.67. The number of aliphatic hydroxyl groups excluding tert-OH is 1. The number of aliphatic hydroxyl groups is 1. The molecule has 4 nitrogen and oxygen atoms in total. The fourth-order valence-corrected chi connectivity index (χ4v) is 2.67. The molecule has 2 N–H and O–H groups in total. The van der Waals surface area contributed by atoms with E-state index in [4.69, 9.17) is 0 Å². The summed E-state index contributed by atoms with van der Waals surface area (Å²) in [5.74, 6) is 0.672. The minimum absolute atomic E-state index is 0.129. The first-order valence-corrected chi connectivity index (χ1v) is 7.44. The van der Waals surface area contributed by atoms with Gasteiger partial charge in [-0.1, -0.05) is 6.92 Å². The predicted octanol–water partition coefficient (Wildman–Crippen LogP) is 2.80. The van der Waals surface area contributed by atoms with E-state index in [1.165, 1.54) is 18.4 Å². The third-order valence-corrected chi connectivity index (χ3v) is 4.29. The second-order valence-electron chi connectivity index (χ2n) is 5.82. The normalized spacial score (nSPS) is 16.9. The van der Waals surface area contributed by atoms with Crippen LogP contribution in [-0.4, -0.2) is 22.2 Å². The van der Waals surface area contributed by atoms with Crippen molar-refractivity contribution in [1.82, 2.24) is 4.98 Å². The number of anilines is 1. The van der Waals surface area contributed by atoms with Gasteiger partial charge in [-0.15, -0.1) is 0 Å². The minimum Gasteiger partial charge on any atom is -0.396 e. The quantitative estimate of drug-likeness (QED) is 0.865. The summed E-state index contributed by atoms with van der Waals surface area (Å²) in [5, 5.41) is 21.9. The number of rotatable bonds is 5. The van der Waals surface area contributed by atoms with Crippen LogP contribution in [0.1, 0.15) is 56.4 Å². The largest absolute Gasteiger partial charge is 0.396 e. The molecule has 0 fully saturated rings. The number of nitrogens with one attached hydrogen (secondary N) is 1. The van der Waals surface area contributed by atoms with Gasteiger partial charge in [0.15, 0.2) is 0 Å². The molecule has 0 aromatic carbocycles. The van der Waals surface area contributed by atoms with E-state index in [1.54, 1.807) is 0 Å². The first kappa shape index (κ1) is 14.8. The lowest BCUT2D eigenvalue weighted by Crippen LogP contribution is -2.36. The summed E-state index contributed by atoms with van der Waals surface area (Å²) in [5.41, 5.74) is 2.73. The predicted molar refractivity (Wildman–Crippen MR) is 79.6 cm³/mol. The standard InChI is InChI=1S/C16H23N3O/c1-3-16(2,8-9-20)19-15-13(11-17)10-12-6-4-5-7-14(12)18-15/h10,20H,3-9H2,1-2H3,(H,18,19). The van der Waals surface area contributed by atoms with Gasteiger partial charge in [0.25, 0.3) is 0 Å². The van der Waals surface area contributed by atoms with Crippen molar-refractivity contribution in [2.24, 2.45) is 0 Å². The summed E-state index contributed by atoms with van der Waals surface area (Å²) in [4.78, 5) is 4.68. The van der Waals surface area contributed by atoms with Gasteiger partial charge in [0, 0.05) is 17.8 Å². The smallest absolute Gasteiger partial charge is 0.144 e. The maximum Gasteiger partial charge on any atom is 0.144 e. The van der Waals surface area contributed by atoms with Gasteiger partial charge in [-0.25, -0.2) is 4.98 Å². The third kappa shape index (κ3) is 3.10. The molecule has 0 aliphatic heterocycles. The summed E-state index contributed by atoms with van der Waals surface area (Å²) < 4.78 is 0. The molecule has 1 aromatic rings. The molecule has 108 valence electrons. The molecule has 20 heavy (non-hydrogen) atoms. The van der Waals surface area contributed by atoms with Gasteiger partial charge in [0.2, 0.25) is 0 Å². The number of pyridine rings is 1. The number of fused-ring (bicyclic) bond motifs is 1. The van der Waals surface area contributed by atoms with Crippen LogP contribution >= 0.6 is 0 Å². The van der Waals surface area contributed by atoms with E-state index in [1.807, 2.05) is 6.07 Å². The molecule has 0 saturated heterocycles. The zero-order chi connectivity index (χ0) is 14.6. The summed E-state index contributed by atoms with van der Waals surface area (Å²) >= 11 is 0. The van der Waals surface area contributed by atoms with E-state index >= 15 is 0 Å². The van der Waals surface area contributed by atoms with Crippen molar-refractivity contribution in [3.05, 3.63) is 22.9 Å². The average Bonchev–Trinajstić information content (AvgIpc) is 2.46. The van der Waals surface area contributed by atoms with Crippen molar-refractivity contribution in [2.75, 3.05) is 11.9 Å². The maximum absolute atomic E-state index is 9.34. The highest BCUT2D eigenvalue weighted by Crippen LogP contribution is 2.27. The van der Waals surface area contributed by atoms with Crippen molar-refractivity contribution >= 4 is 5.82 Å². The Kier molecular flexibility index (Phi) is 4.61. The van der Waals surface area contributed by atoms with Crippen molar-refractivity contribution in [1.29, 1.82) is 5.26 Å². The molecule has 1 heterocycles. The van der Waals surface area contributed by atoms with Gasteiger partial charge >= 0.3 is 0 Å². The zero-order valence-electron chi connectivity index (χ0n) is 12.4. The molecule has 1 aliphatic carbocycles. The number of nitrogens with zero attached hydrogens (tertiary/aromatic N) is 2. The van der Waals surface area contributed by atoms with Crippen molar-refractivity contribution in [3.8, 4) is 6.07 Å². The summed E-state index contributed by atoms with van der Waals surface area (Å²) in [6.07, 6.45) is 5.90. The highest BCUT2D eigenvalue weighted by molar-refractivity contribution is 5.56. The molecule has 1 aliphatic rings. The molecule has 2 rings (SSSR count). The Labute approximate surface area is 120 Å². The number of hydrogen-bond acceptors (Lipinski definition) is 4. The summed E-state index contributed by atoms with van der Waals surface area (Å²) in [6, 6.07) is 4.23. The van der Waals surface area contributed by atoms with E-state index in [2.05, 4.69) is 30.2 Å². The first-order chi connectivity index (χ1) is 9.61. The Morgan fingerprint density at radius 3 is 2.85 bits per heavy atom. The van der Waals surface area contributed by atoms with E-state index in [-0.39, 0.29) is 12.1 Å². The molecular formula is C16H23N3O. The molecule has 1 unspecified atom stereocenters. The average molecular weight is 273 g/mol. The van der Waals surface area contributed by atoms with Crippen LogP contribution in [0.3, 0.4) is 0 Å². The van der Waals surface area contributed by atoms with Gasteiger partial charge in [-0.3, -0.25) is 0 Å². The molecule has 1 atom stereocenters. The van der Waals surface area contributed by atoms with Gasteiger partial charge in [-0.05, 0) is 57.1 Å². The highest BCUT2D eigenvalue weighted by Gasteiger charge is 2.24. The van der Waals surface area contributed by atoms with Crippen LogP contribution in [-0.2, 0) is 12.8 Å². The Bertz CT molecular complexity index is 521. The number of nitriles is 1. The molecule has 0 radical (unpaired) electrons. The summed E-state index contributed by atoms with van der Waals surface area (Å²) in [6.45, 7) is 4.27. The summed E-state index contributed by atoms with van der Waals surface area (Å²) in [7, 11) is 0. The van der Waals surface area contributed by atoms with Crippen LogP contribution in [0.5, 0.6) is 0 Å². The van der Waals surface area contributed by atoms with E-state index in [9.17, 15) is 10.4 Å². The molecule has 0 bridgehead atoms. The van der Waals surface area contributed by atoms with Crippen LogP contribution in [0, 0.1) is 11.3 Å². The topological polar surface area (TPSA) is 68.9 Å². The van der Waals surface area contributed by atoms with E-state index < -0.39 is 0 Å². The Balaban J connectivity index is 2.33. The number of aryl methyl sites for hydroxylation is 2. The fraction of sp³-hybridized carbons (Fsp3) is 0.625. The number of hydrogen-bond donors (Lipinski definition) is 2. The van der Waals surface area contributed by atoms with Crippen molar-refractivity contribution in [3.63, 3.8) is 0 Å². The lowest BCUT2D eigenvalue weighted by Gasteiger charge is -2.30. The highest BCUT2D eigenvalue weighted by atomic mass is 16.3. The second kappa shape index (κ2) is 6.23. The van der Waals surface area contributed by atoms with Crippen LogP contribution in [0.15, 0.2) is 6.07 Å². The Morgan fingerprint density at radius 2 is 2.20 bits per heavy atom. The molecule has 1 aromatic heterocycles.